The first-order chi connectivity index (χ1) is 8.70. The summed E-state index contributed by atoms with van der Waals surface area (Å²) >= 11 is 1.67. The maximum atomic E-state index is 5.28. The first-order valence-electron chi connectivity index (χ1n) is 6.00. The van der Waals surface area contributed by atoms with Gasteiger partial charge in [-0.15, -0.1) is 11.3 Å². The molecule has 3 nitrogen and oxygen atoms in total. The van der Waals surface area contributed by atoms with Gasteiger partial charge < -0.3 is 10.1 Å². The van der Waals surface area contributed by atoms with Crippen molar-refractivity contribution >= 4 is 11.3 Å². The van der Waals surface area contributed by atoms with Crippen LogP contribution in [0.3, 0.4) is 0 Å². The summed E-state index contributed by atoms with van der Waals surface area (Å²) < 4.78 is 5.28. The lowest BCUT2D eigenvalue weighted by molar-refractivity contribution is 0.413. The van der Waals surface area contributed by atoms with Crippen molar-refractivity contribution in [2.75, 3.05) is 7.11 Å². The number of aromatic nitrogens is 1. The van der Waals surface area contributed by atoms with Gasteiger partial charge in [-0.05, 0) is 31.5 Å². The van der Waals surface area contributed by atoms with Gasteiger partial charge in [0.05, 0.1) is 13.2 Å². The van der Waals surface area contributed by atoms with E-state index in [9.17, 15) is 0 Å². The zero-order chi connectivity index (χ0) is 13.0. The summed E-state index contributed by atoms with van der Waals surface area (Å²) in [6.07, 6.45) is 1.84. The fourth-order valence-electron chi connectivity index (χ4n) is 1.84. The third-order valence-electron chi connectivity index (χ3n) is 2.63. The third kappa shape index (κ3) is 3.09. The van der Waals surface area contributed by atoms with Gasteiger partial charge in [-0.1, -0.05) is 12.1 Å². The second kappa shape index (κ2) is 5.98. The topological polar surface area (TPSA) is 34.1 Å². The SMILES string of the molecule is COc1cccc(C(NC(C)C)c2nccs2)c1. The molecule has 0 amide bonds. The van der Waals surface area contributed by atoms with E-state index in [4.69, 9.17) is 4.74 Å². The van der Waals surface area contributed by atoms with E-state index in [-0.39, 0.29) is 6.04 Å². The largest absolute Gasteiger partial charge is 0.497 e. The van der Waals surface area contributed by atoms with Crippen LogP contribution in [0.25, 0.3) is 0 Å². The van der Waals surface area contributed by atoms with Gasteiger partial charge in [-0.2, -0.15) is 0 Å². The van der Waals surface area contributed by atoms with Crippen LogP contribution in [0.1, 0.15) is 30.5 Å². The maximum Gasteiger partial charge on any atom is 0.119 e. The van der Waals surface area contributed by atoms with Crippen LogP contribution in [0.5, 0.6) is 5.75 Å². The van der Waals surface area contributed by atoms with E-state index < -0.39 is 0 Å². The summed E-state index contributed by atoms with van der Waals surface area (Å²) in [5.41, 5.74) is 1.18. The molecule has 0 bridgehead atoms. The van der Waals surface area contributed by atoms with Crippen LogP contribution in [0.15, 0.2) is 35.8 Å². The lowest BCUT2D eigenvalue weighted by Gasteiger charge is -2.20. The quantitative estimate of drug-likeness (QED) is 0.898. The zero-order valence-electron chi connectivity index (χ0n) is 10.9. The van der Waals surface area contributed by atoms with E-state index in [2.05, 4.69) is 36.3 Å². The van der Waals surface area contributed by atoms with Crippen molar-refractivity contribution in [3.8, 4) is 5.75 Å². The van der Waals surface area contributed by atoms with Gasteiger partial charge in [-0.3, -0.25) is 0 Å². The van der Waals surface area contributed by atoms with Crippen LogP contribution < -0.4 is 10.1 Å². The monoisotopic (exact) mass is 262 g/mol. The van der Waals surface area contributed by atoms with Crippen LogP contribution in [0.4, 0.5) is 0 Å². The molecule has 1 N–H and O–H groups in total. The summed E-state index contributed by atoms with van der Waals surface area (Å²) in [5.74, 6) is 0.875. The molecule has 0 radical (unpaired) electrons. The van der Waals surface area contributed by atoms with E-state index in [1.807, 2.05) is 23.7 Å². The average Bonchev–Trinajstić information content (AvgIpc) is 2.89. The number of nitrogens with one attached hydrogen (secondary N) is 1. The molecule has 1 atom stereocenters. The molecule has 0 aliphatic rings. The molecular formula is C14H18N2OS. The molecule has 1 aromatic carbocycles. The van der Waals surface area contributed by atoms with E-state index in [1.54, 1.807) is 18.4 Å². The third-order valence-corrected chi connectivity index (χ3v) is 3.47. The second-order valence-electron chi connectivity index (χ2n) is 4.40. The standard InChI is InChI=1S/C14H18N2OS/c1-10(2)16-13(14-15-7-8-18-14)11-5-4-6-12(9-11)17-3/h4-10,13,16H,1-3H3. The van der Waals surface area contributed by atoms with Gasteiger partial charge in [0.1, 0.15) is 10.8 Å². The predicted molar refractivity (Wildman–Crippen MR) is 75.2 cm³/mol. The van der Waals surface area contributed by atoms with Crippen molar-refractivity contribution in [2.24, 2.45) is 0 Å². The van der Waals surface area contributed by atoms with Crippen molar-refractivity contribution in [1.29, 1.82) is 0 Å². The van der Waals surface area contributed by atoms with Gasteiger partial charge in [0.25, 0.3) is 0 Å². The van der Waals surface area contributed by atoms with Crippen LogP contribution in [0, 0.1) is 0 Å². The molecule has 0 spiro atoms. The van der Waals surface area contributed by atoms with Crippen LogP contribution in [0.2, 0.25) is 0 Å². The molecule has 2 aromatic rings. The fourth-order valence-corrected chi connectivity index (χ4v) is 2.56. The molecule has 0 fully saturated rings. The molecule has 0 saturated carbocycles. The Kier molecular flexibility index (Phi) is 4.33. The first kappa shape index (κ1) is 13.1. The minimum absolute atomic E-state index is 0.125. The maximum absolute atomic E-state index is 5.28. The van der Waals surface area contributed by atoms with E-state index in [0.29, 0.717) is 6.04 Å². The van der Waals surface area contributed by atoms with Crippen molar-refractivity contribution in [1.82, 2.24) is 10.3 Å². The van der Waals surface area contributed by atoms with Crippen molar-refractivity contribution in [2.45, 2.75) is 25.9 Å². The number of benzene rings is 1. The Balaban J connectivity index is 2.33. The highest BCUT2D eigenvalue weighted by Crippen LogP contribution is 2.26. The Labute approximate surface area is 112 Å². The summed E-state index contributed by atoms with van der Waals surface area (Å²) in [6, 6.07) is 8.64. The highest BCUT2D eigenvalue weighted by Gasteiger charge is 2.17. The van der Waals surface area contributed by atoms with Crippen LogP contribution >= 0.6 is 11.3 Å². The van der Waals surface area contributed by atoms with Gasteiger partial charge in [0.15, 0.2) is 0 Å². The Morgan fingerprint density at radius 2 is 2.17 bits per heavy atom. The Hall–Kier alpha value is -1.39. The van der Waals surface area contributed by atoms with E-state index in [1.165, 1.54) is 5.56 Å². The molecular weight excluding hydrogens is 244 g/mol. The van der Waals surface area contributed by atoms with Crippen molar-refractivity contribution in [3.05, 3.63) is 46.4 Å². The molecule has 18 heavy (non-hydrogen) atoms. The summed E-state index contributed by atoms with van der Waals surface area (Å²) in [7, 11) is 1.69. The zero-order valence-corrected chi connectivity index (χ0v) is 11.7. The Morgan fingerprint density at radius 3 is 2.78 bits per heavy atom. The second-order valence-corrected chi connectivity index (χ2v) is 5.33. The molecule has 1 aromatic heterocycles. The van der Waals surface area contributed by atoms with Crippen LogP contribution in [-0.4, -0.2) is 18.1 Å². The predicted octanol–water partition coefficient (Wildman–Crippen LogP) is 3.24. The molecule has 96 valence electrons. The lowest BCUT2D eigenvalue weighted by atomic mass is 10.1. The van der Waals surface area contributed by atoms with E-state index >= 15 is 0 Å². The number of thiazole rings is 1. The average molecular weight is 262 g/mol. The first-order valence-corrected chi connectivity index (χ1v) is 6.88. The van der Waals surface area contributed by atoms with Gasteiger partial charge in [0.2, 0.25) is 0 Å². The number of rotatable bonds is 5. The van der Waals surface area contributed by atoms with E-state index in [0.717, 1.165) is 10.8 Å². The smallest absolute Gasteiger partial charge is 0.119 e. The van der Waals surface area contributed by atoms with Gasteiger partial charge in [-0.25, -0.2) is 4.98 Å². The minimum Gasteiger partial charge on any atom is -0.497 e. The minimum atomic E-state index is 0.125. The van der Waals surface area contributed by atoms with Gasteiger partial charge in [0, 0.05) is 17.6 Å². The Bertz CT molecular complexity index is 482. The lowest BCUT2D eigenvalue weighted by Crippen LogP contribution is -2.28. The van der Waals surface area contributed by atoms with Crippen molar-refractivity contribution in [3.63, 3.8) is 0 Å². The number of methoxy groups -OCH3 is 1. The Morgan fingerprint density at radius 1 is 1.33 bits per heavy atom. The summed E-state index contributed by atoms with van der Waals surface area (Å²) in [6.45, 7) is 4.28. The van der Waals surface area contributed by atoms with Gasteiger partial charge >= 0.3 is 0 Å². The van der Waals surface area contributed by atoms with Crippen molar-refractivity contribution < 1.29 is 4.74 Å². The number of ether oxygens (including phenoxy) is 1. The molecule has 0 saturated heterocycles. The molecule has 1 heterocycles. The summed E-state index contributed by atoms with van der Waals surface area (Å²) in [4.78, 5) is 4.42. The normalized spacial score (nSPS) is 12.7. The highest BCUT2D eigenvalue weighted by atomic mass is 32.1. The van der Waals surface area contributed by atoms with Crippen LogP contribution in [-0.2, 0) is 0 Å². The molecule has 4 heteroatoms. The highest BCUT2D eigenvalue weighted by molar-refractivity contribution is 7.09. The summed E-state index contributed by atoms with van der Waals surface area (Å²) in [5, 5.41) is 6.63. The number of hydrogen-bond acceptors (Lipinski definition) is 4. The molecule has 0 aliphatic heterocycles. The molecule has 1 unspecified atom stereocenters. The fraction of sp³-hybridized carbons (Fsp3) is 0.357. The molecule has 2 rings (SSSR count). The number of hydrogen-bond donors (Lipinski definition) is 1. The molecule has 0 aliphatic carbocycles. The number of nitrogens with zero attached hydrogens (tertiary/aromatic N) is 1.